The lowest BCUT2D eigenvalue weighted by molar-refractivity contribution is -0.190. The van der Waals surface area contributed by atoms with E-state index < -0.39 is 34.8 Å². The predicted octanol–water partition coefficient (Wildman–Crippen LogP) is 5.00. The standard InChI is InChI=1S/C15H11BrF7N5O/c1-6-11(24-5-10(26-6)27-28-13(16)15(21,22)23)8-3-9(17)12(25-4-8)29-7(2)14(18,19)20/h3-5,7H,1-2H3,(H,26,27)/b28-13-/t7-/m1/s1. The molecule has 2 aromatic heterocycles. The van der Waals surface area contributed by atoms with E-state index in [1.54, 1.807) is 0 Å². The minimum atomic E-state index is -4.69. The van der Waals surface area contributed by atoms with Crippen LogP contribution in [0, 0.1) is 12.7 Å². The molecule has 0 saturated carbocycles. The van der Waals surface area contributed by atoms with Crippen molar-refractivity contribution in [2.24, 2.45) is 5.10 Å². The van der Waals surface area contributed by atoms with Crippen molar-refractivity contribution in [3.05, 3.63) is 30.0 Å². The van der Waals surface area contributed by atoms with Crippen LogP contribution >= 0.6 is 15.9 Å². The molecule has 0 aliphatic carbocycles. The van der Waals surface area contributed by atoms with Crippen LogP contribution in [0.3, 0.4) is 0 Å². The van der Waals surface area contributed by atoms with Gasteiger partial charge in [0.1, 0.15) is 0 Å². The predicted molar refractivity (Wildman–Crippen MR) is 92.1 cm³/mol. The molecule has 0 aliphatic heterocycles. The Hall–Kier alpha value is -2.51. The molecule has 6 nitrogen and oxygen atoms in total. The van der Waals surface area contributed by atoms with E-state index in [4.69, 9.17) is 0 Å². The number of aryl methyl sites for hydroxylation is 1. The monoisotopic (exact) mass is 489 g/mol. The second-order valence-corrected chi connectivity index (χ2v) is 6.27. The molecule has 0 aromatic carbocycles. The summed E-state index contributed by atoms with van der Waals surface area (Å²) in [5.41, 5.74) is 2.41. The van der Waals surface area contributed by atoms with E-state index in [0.29, 0.717) is 6.92 Å². The first-order valence-corrected chi connectivity index (χ1v) is 8.37. The summed E-state index contributed by atoms with van der Waals surface area (Å²) in [5.74, 6) is -2.12. The van der Waals surface area contributed by atoms with Gasteiger partial charge in [-0.15, -0.1) is 0 Å². The van der Waals surface area contributed by atoms with E-state index in [1.807, 2.05) is 0 Å². The van der Waals surface area contributed by atoms with Gasteiger partial charge < -0.3 is 4.74 Å². The van der Waals surface area contributed by atoms with Crippen molar-refractivity contribution in [3.8, 4) is 17.1 Å². The third-order valence-corrected chi connectivity index (χ3v) is 3.91. The average Bonchev–Trinajstić information content (AvgIpc) is 2.59. The summed E-state index contributed by atoms with van der Waals surface area (Å²) in [7, 11) is 0. The van der Waals surface area contributed by atoms with Gasteiger partial charge in [0, 0.05) is 11.8 Å². The van der Waals surface area contributed by atoms with Crippen LogP contribution < -0.4 is 10.2 Å². The number of nitrogens with one attached hydrogen (secondary N) is 1. The number of halogens is 8. The van der Waals surface area contributed by atoms with Gasteiger partial charge in [0.2, 0.25) is 4.62 Å². The number of hydrogen-bond donors (Lipinski definition) is 1. The zero-order chi connectivity index (χ0) is 22.0. The minimum Gasteiger partial charge on any atom is -0.463 e. The number of anilines is 1. The minimum absolute atomic E-state index is 0.0750. The lowest BCUT2D eigenvalue weighted by Crippen LogP contribution is -2.31. The van der Waals surface area contributed by atoms with E-state index in [2.05, 4.69) is 46.1 Å². The second kappa shape index (κ2) is 8.47. The molecule has 158 valence electrons. The molecule has 14 heteroatoms. The molecule has 0 saturated heterocycles. The lowest BCUT2D eigenvalue weighted by atomic mass is 10.1. The van der Waals surface area contributed by atoms with Gasteiger partial charge in [-0.1, -0.05) is 0 Å². The molecule has 0 bridgehead atoms. The lowest BCUT2D eigenvalue weighted by Gasteiger charge is -2.17. The van der Waals surface area contributed by atoms with Crippen LogP contribution in [0.2, 0.25) is 0 Å². The van der Waals surface area contributed by atoms with E-state index in [0.717, 1.165) is 18.5 Å². The van der Waals surface area contributed by atoms with E-state index >= 15 is 0 Å². The Morgan fingerprint density at radius 2 is 1.83 bits per heavy atom. The molecular formula is C15H11BrF7N5O. The Morgan fingerprint density at radius 3 is 2.34 bits per heavy atom. The summed E-state index contributed by atoms with van der Waals surface area (Å²) in [6.45, 7) is 2.14. The summed E-state index contributed by atoms with van der Waals surface area (Å²) in [5, 5.41) is 3.06. The maximum Gasteiger partial charge on any atom is 0.441 e. The molecule has 29 heavy (non-hydrogen) atoms. The molecule has 0 unspecified atom stereocenters. The van der Waals surface area contributed by atoms with Crippen LogP contribution in [0.4, 0.5) is 36.6 Å². The smallest absolute Gasteiger partial charge is 0.441 e. The number of ether oxygens (including phenoxy) is 1. The van der Waals surface area contributed by atoms with Gasteiger partial charge in [0.05, 0.1) is 17.6 Å². The molecule has 0 radical (unpaired) electrons. The van der Waals surface area contributed by atoms with E-state index in [9.17, 15) is 30.7 Å². The summed E-state index contributed by atoms with van der Waals surface area (Å²) >= 11 is 2.25. The van der Waals surface area contributed by atoms with Crippen molar-refractivity contribution in [2.45, 2.75) is 32.3 Å². The van der Waals surface area contributed by atoms with Crippen LogP contribution in [0.1, 0.15) is 12.6 Å². The van der Waals surface area contributed by atoms with Crippen LogP contribution in [-0.2, 0) is 0 Å². The number of rotatable bonds is 5. The Kier molecular flexibility index (Phi) is 6.65. The molecule has 0 spiro atoms. The van der Waals surface area contributed by atoms with Crippen molar-refractivity contribution in [3.63, 3.8) is 0 Å². The quantitative estimate of drug-likeness (QED) is 0.363. The van der Waals surface area contributed by atoms with Gasteiger partial charge in [-0.2, -0.15) is 31.4 Å². The Morgan fingerprint density at radius 1 is 1.17 bits per heavy atom. The topological polar surface area (TPSA) is 72.3 Å². The Bertz CT molecular complexity index is 917. The van der Waals surface area contributed by atoms with Gasteiger partial charge in [-0.05, 0) is 35.8 Å². The van der Waals surface area contributed by atoms with Gasteiger partial charge >= 0.3 is 12.4 Å². The fourth-order valence-corrected chi connectivity index (χ4v) is 1.95. The maximum atomic E-state index is 14.1. The van der Waals surface area contributed by atoms with Crippen LogP contribution in [0.15, 0.2) is 23.6 Å². The van der Waals surface area contributed by atoms with E-state index in [1.165, 1.54) is 6.92 Å². The highest BCUT2D eigenvalue weighted by Crippen LogP contribution is 2.28. The molecule has 2 rings (SSSR count). The van der Waals surface area contributed by atoms with E-state index in [-0.39, 0.29) is 22.8 Å². The highest BCUT2D eigenvalue weighted by molar-refractivity contribution is 9.18. The highest BCUT2D eigenvalue weighted by atomic mass is 79.9. The van der Waals surface area contributed by atoms with Crippen molar-refractivity contribution < 1.29 is 35.5 Å². The van der Waals surface area contributed by atoms with Crippen LogP contribution in [0.5, 0.6) is 5.88 Å². The third kappa shape index (κ3) is 5.98. The Labute approximate surface area is 167 Å². The molecule has 0 aliphatic rings. The molecule has 0 fully saturated rings. The fraction of sp³-hybridized carbons (Fsp3) is 0.333. The first-order valence-electron chi connectivity index (χ1n) is 7.58. The normalized spacial score (nSPS) is 13.9. The maximum absolute atomic E-state index is 14.1. The van der Waals surface area contributed by atoms with Crippen molar-refractivity contribution in [1.29, 1.82) is 0 Å². The zero-order valence-corrected chi connectivity index (χ0v) is 16.1. The zero-order valence-electron chi connectivity index (χ0n) is 14.5. The second-order valence-electron chi connectivity index (χ2n) is 5.51. The number of nitrogens with zero attached hydrogens (tertiary/aromatic N) is 4. The summed E-state index contributed by atoms with van der Waals surface area (Å²) in [4.78, 5) is 11.4. The number of pyridine rings is 1. The molecule has 1 atom stereocenters. The van der Waals surface area contributed by atoms with Crippen LogP contribution in [-0.4, -0.2) is 38.0 Å². The Balaban J connectivity index is 2.22. The number of hydrogen-bond acceptors (Lipinski definition) is 6. The van der Waals surface area contributed by atoms with Gasteiger partial charge in [0.25, 0.3) is 5.88 Å². The highest BCUT2D eigenvalue weighted by Gasteiger charge is 2.39. The molecule has 1 N–H and O–H groups in total. The average molecular weight is 490 g/mol. The van der Waals surface area contributed by atoms with Crippen molar-refractivity contribution >= 4 is 26.4 Å². The van der Waals surface area contributed by atoms with Crippen molar-refractivity contribution in [1.82, 2.24) is 15.0 Å². The van der Waals surface area contributed by atoms with Gasteiger partial charge in [-0.3, -0.25) is 10.4 Å². The number of hydrazone groups is 1. The van der Waals surface area contributed by atoms with Crippen LogP contribution in [0.25, 0.3) is 11.3 Å². The molecule has 2 aromatic rings. The summed E-state index contributed by atoms with van der Waals surface area (Å²) in [6.07, 6.45) is -9.58. The summed E-state index contributed by atoms with van der Waals surface area (Å²) < 4.78 is 91.8. The molecule has 0 amide bonds. The van der Waals surface area contributed by atoms with Crippen molar-refractivity contribution in [2.75, 3.05) is 5.43 Å². The SMILES string of the molecule is Cc1nc(N/N=C(\Br)C(F)(F)F)cnc1-c1cnc(O[C@H](C)C(F)(F)F)c(F)c1. The largest absolute Gasteiger partial charge is 0.463 e. The first-order chi connectivity index (χ1) is 13.3. The molecule has 2 heterocycles. The van der Waals surface area contributed by atoms with Gasteiger partial charge in [0.15, 0.2) is 17.7 Å². The summed E-state index contributed by atoms with van der Waals surface area (Å²) in [6, 6.07) is 0.855. The first kappa shape index (κ1) is 22.8. The van der Waals surface area contributed by atoms with Gasteiger partial charge in [-0.25, -0.2) is 14.4 Å². The number of aromatic nitrogens is 3. The molecular weight excluding hydrogens is 479 g/mol. The third-order valence-electron chi connectivity index (χ3n) is 3.28. The number of alkyl halides is 6. The fourth-order valence-electron chi connectivity index (χ4n) is 1.86.